The molecule has 0 amide bonds. The average Bonchev–Trinajstić information content (AvgIpc) is 3.64. The minimum absolute atomic E-state index is 0.646. The molecule has 2 saturated heterocycles. The van der Waals surface area contributed by atoms with Crippen LogP contribution in [0.4, 0.5) is 0 Å². The van der Waals surface area contributed by atoms with Gasteiger partial charge in [0.15, 0.2) is 0 Å². The van der Waals surface area contributed by atoms with Gasteiger partial charge in [-0.3, -0.25) is 9.80 Å². The van der Waals surface area contributed by atoms with Crippen LogP contribution in [0.1, 0.15) is 32.1 Å². The maximum Gasteiger partial charge on any atom is 0.215 e. The predicted octanol–water partition coefficient (Wildman–Crippen LogP) is 4.25. The predicted molar refractivity (Wildman–Crippen MR) is 137 cm³/mol. The van der Waals surface area contributed by atoms with Crippen molar-refractivity contribution in [3.63, 3.8) is 0 Å². The molecule has 6 heterocycles. The summed E-state index contributed by atoms with van der Waals surface area (Å²) in [6, 6.07) is 11.4. The molecule has 6 rings (SSSR count). The molecular weight excluding hydrogens is 440 g/mol. The highest BCUT2D eigenvalue weighted by molar-refractivity contribution is 5.95. The van der Waals surface area contributed by atoms with Crippen molar-refractivity contribution in [2.75, 3.05) is 52.5 Å². The Morgan fingerprint density at radius 1 is 0.771 bits per heavy atom. The van der Waals surface area contributed by atoms with Gasteiger partial charge in [0.2, 0.25) is 11.8 Å². The van der Waals surface area contributed by atoms with Crippen molar-refractivity contribution in [2.24, 2.45) is 0 Å². The third-order valence-corrected chi connectivity index (χ3v) is 7.12. The normalized spacial score (nSPS) is 17.5. The minimum Gasteiger partial charge on any atom is -0.476 e. The number of aromatic nitrogens is 4. The Morgan fingerprint density at radius 2 is 1.40 bits per heavy atom. The highest BCUT2D eigenvalue weighted by Gasteiger charge is 2.14. The van der Waals surface area contributed by atoms with Crippen molar-refractivity contribution >= 4 is 22.1 Å². The van der Waals surface area contributed by atoms with Gasteiger partial charge in [0.1, 0.15) is 24.5 Å². The van der Waals surface area contributed by atoms with Crippen LogP contribution in [0.15, 0.2) is 30.5 Å². The lowest BCUT2D eigenvalue weighted by molar-refractivity contribution is 0.181. The second-order valence-electron chi connectivity index (χ2n) is 9.57. The van der Waals surface area contributed by atoms with Crippen LogP contribution >= 0.6 is 0 Å². The first kappa shape index (κ1) is 22.4. The van der Waals surface area contributed by atoms with Crippen LogP contribution in [0.2, 0.25) is 0 Å². The van der Waals surface area contributed by atoms with E-state index in [0.717, 1.165) is 46.4 Å². The average molecular weight is 474 g/mol. The molecule has 0 bridgehead atoms. The third-order valence-electron chi connectivity index (χ3n) is 7.12. The summed E-state index contributed by atoms with van der Waals surface area (Å²) >= 11 is 0. The molecule has 2 aliphatic rings. The number of nitrogens with one attached hydrogen (secondary N) is 2. The fraction of sp³-hybridized carbons (Fsp3) is 0.481. The molecule has 0 unspecified atom stereocenters. The van der Waals surface area contributed by atoms with Crippen molar-refractivity contribution in [1.29, 1.82) is 0 Å². The highest BCUT2D eigenvalue weighted by Crippen LogP contribution is 2.30. The molecule has 0 atom stereocenters. The molecule has 0 saturated carbocycles. The fourth-order valence-electron chi connectivity index (χ4n) is 5.16. The van der Waals surface area contributed by atoms with E-state index in [0.29, 0.717) is 25.0 Å². The zero-order valence-electron chi connectivity index (χ0n) is 20.2. The number of nitrogens with zero attached hydrogens (tertiary/aromatic N) is 4. The molecule has 183 valence electrons. The number of pyridine rings is 2. The molecule has 1 radical (unpaired) electrons. The first-order chi connectivity index (χ1) is 17.3. The summed E-state index contributed by atoms with van der Waals surface area (Å²) in [6.07, 6.45) is 8.49. The van der Waals surface area contributed by atoms with Crippen molar-refractivity contribution < 1.29 is 9.47 Å². The molecular formula is C27H33N6O2. The van der Waals surface area contributed by atoms with E-state index >= 15 is 0 Å². The van der Waals surface area contributed by atoms with Gasteiger partial charge in [-0.2, -0.15) is 9.97 Å². The van der Waals surface area contributed by atoms with Crippen molar-refractivity contribution in [3.05, 3.63) is 36.5 Å². The quantitative estimate of drug-likeness (QED) is 0.378. The molecule has 4 aromatic rings. The highest BCUT2D eigenvalue weighted by atomic mass is 16.5. The number of aromatic amines is 2. The summed E-state index contributed by atoms with van der Waals surface area (Å²) in [6.45, 7) is 7.94. The van der Waals surface area contributed by atoms with Crippen molar-refractivity contribution in [1.82, 2.24) is 29.7 Å². The second-order valence-corrected chi connectivity index (χ2v) is 9.57. The Balaban J connectivity index is 1.11. The fourth-order valence-corrected chi connectivity index (χ4v) is 5.16. The topological polar surface area (TPSA) is 82.3 Å². The van der Waals surface area contributed by atoms with Gasteiger partial charge in [0.05, 0.1) is 5.69 Å². The Labute approximate surface area is 205 Å². The van der Waals surface area contributed by atoms with Gasteiger partial charge in [0, 0.05) is 53.8 Å². The van der Waals surface area contributed by atoms with E-state index in [2.05, 4.69) is 41.9 Å². The summed E-state index contributed by atoms with van der Waals surface area (Å²) in [5.41, 5.74) is 3.48. The van der Waals surface area contributed by atoms with Crippen LogP contribution in [0, 0.1) is 6.07 Å². The maximum atomic E-state index is 5.95. The van der Waals surface area contributed by atoms with E-state index in [4.69, 9.17) is 9.47 Å². The van der Waals surface area contributed by atoms with Gasteiger partial charge in [-0.25, -0.2) is 0 Å². The van der Waals surface area contributed by atoms with Crippen LogP contribution < -0.4 is 9.47 Å². The third kappa shape index (κ3) is 5.13. The first-order valence-electron chi connectivity index (χ1n) is 12.9. The lowest BCUT2D eigenvalue weighted by atomic mass is 10.1. The summed E-state index contributed by atoms with van der Waals surface area (Å²) < 4.78 is 11.9. The summed E-state index contributed by atoms with van der Waals surface area (Å²) in [7, 11) is 0. The van der Waals surface area contributed by atoms with Gasteiger partial charge < -0.3 is 19.4 Å². The minimum atomic E-state index is 0.646. The number of hydrogen-bond donors (Lipinski definition) is 2. The van der Waals surface area contributed by atoms with Crippen LogP contribution in [-0.2, 0) is 0 Å². The zero-order valence-corrected chi connectivity index (χ0v) is 20.2. The van der Waals surface area contributed by atoms with Gasteiger partial charge >= 0.3 is 0 Å². The largest absolute Gasteiger partial charge is 0.476 e. The SMILES string of the molecule is [c]1c(-c2c[nH]c3nc(OCCN4CCCC4)ccc23)[nH]c2nc(OCCN3CCCCC3)ccc12. The number of hydrogen-bond acceptors (Lipinski definition) is 6. The van der Waals surface area contributed by atoms with E-state index in [1.54, 1.807) is 0 Å². The molecule has 8 heteroatoms. The Kier molecular flexibility index (Phi) is 6.55. The van der Waals surface area contributed by atoms with Gasteiger partial charge in [-0.15, -0.1) is 0 Å². The van der Waals surface area contributed by atoms with E-state index < -0.39 is 0 Å². The Bertz CT molecular complexity index is 1270. The number of H-pyrrole nitrogens is 2. The van der Waals surface area contributed by atoms with Gasteiger partial charge in [0.25, 0.3) is 0 Å². The summed E-state index contributed by atoms with van der Waals surface area (Å²) in [5.74, 6) is 1.30. The number of fused-ring (bicyclic) bond motifs is 2. The smallest absolute Gasteiger partial charge is 0.215 e. The Hall–Kier alpha value is -3.10. The molecule has 35 heavy (non-hydrogen) atoms. The van der Waals surface area contributed by atoms with Gasteiger partial charge in [-0.1, -0.05) is 6.42 Å². The zero-order chi connectivity index (χ0) is 23.5. The van der Waals surface area contributed by atoms with Crippen LogP contribution in [-0.4, -0.2) is 82.2 Å². The lowest BCUT2D eigenvalue weighted by Gasteiger charge is -2.25. The van der Waals surface area contributed by atoms with E-state index in [1.807, 2.05) is 24.4 Å². The maximum absolute atomic E-state index is 5.95. The summed E-state index contributed by atoms with van der Waals surface area (Å²) in [5, 5.41) is 1.96. The van der Waals surface area contributed by atoms with Crippen LogP contribution in [0.5, 0.6) is 11.8 Å². The number of ether oxygens (including phenoxy) is 2. The first-order valence-corrected chi connectivity index (χ1v) is 12.9. The second kappa shape index (κ2) is 10.3. The molecule has 0 spiro atoms. The molecule has 0 aromatic carbocycles. The van der Waals surface area contributed by atoms with Crippen molar-refractivity contribution in [3.8, 4) is 23.0 Å². The van der Waals surface area contributed by atoms with E-state index in [1.165, 1.54) is 58.3 Å². The molecule has 2 fully saturated rings. The molecule has 4 aromatic heterocycles. The number of likely N-dealkylation sites (tertiary alicyclic amines) is 2. The standard InChI is InChI=1S/C27H33N6O2/c1-2-10-32(11-3-1)14-16-34-24-8-6-20-18-23(29-26(20)30-24)22-19-28-27-21(22)7-9-25(31-27)35-17-15-33-12-4-5-13-33/h6-9,19H,1-5,10-17H2,(H,28,31)(H,29,30). The molecule has 2 N–H and O–H groups in total. The molecule has 8 nitrogen and oxygen atoms in total. The Morgan fingerprint density at radius 3 is 2.11 bits per heavy atom. The number of rotatable bonds is 9. The van der Waals surface area contributed by atoms with Gasteiger partial charge in [-0.05, 0) is 64.0 Å². The van der Waals surface area contributed by atoms with Crippen LogP contribution in [0.25, 0.3) is 33.3 Å². The molecule has 2 aliphatic heterocycles. The van der Waals surface area contributed by atoms with E-state index in [9.17, 15) is 0 Å². The molecule has 0 aliphatic carbocycles. The summed E-state index contributed by atoms with van der Waals surface area (Å²) in [4.78, 5) is 20.9. The lowest BCUT2D eigenvalue weighted by Crippen LogP contribution is -2.33. The number of piperidine rings is 1. The van der Waals surface area contributed by atoms with Crippen molar-refractivity contribution in [2.45, 2.75) is 32.1 Å². The van der Waals surface area contributed by atoms with E-state index in [-0.39, 0.29) is 0 Å². The van der Waals surface area contributed by atoms with Crippen LogP contribution in [0.3, 0.4) is 0 Å². The monoisotopic (exact) mass is 473 g/mol.